The van der Waals surface area contributed by atoms with E-state index in [1.807, 2.05) is 11.0 Å². The van der Waals surface area contributed by atoms with Gasteiger partial charge in [0.2, 0.25) is 5.91 Å². The Balaban J connectivity index is 1.43. The smallest absolute Gasteiger partial charge is 0.219 e. The van der Waals surface area contributed by atoms with Crippen molar-refractivity contribution in [3.05, 3.63) is 30.1 Å². The molecule has 0 radical (unpaired) electrons. The molecule has 1 amide bonds. The molecule has 2 aliphatic rings. The van der Waals surface area contributed by atoms with E-state index in [0.717, 1.165) is 43.8 Å². The number of aromatic nitrogens is 2. The van der Waals surface area contributed by atoms with E-state index in [1.165, 1.54) is 5.52 Å². The zero-order chi connectivity index (χ0) is 16.5. The molecule has 1 saturated heterocycles. The third kappa shape index (κ3) is 2.91. The van der Waals surface area contributed by atoms with Gasteiger partial charge in [0, 0.05) is 32.6 Å². The van der Waals surface area contributed by atoms with E-state index in [9.17, 15) is 4.79 Å². The maximum atomic E-state index is 11.4. The molecular formula is C18H24N4O2. The molecule has 1 unspecified atom stereocenters. The van der Waals surface area contributed by atoms with Gasteiger partial charge in [-0.2, -0.15) is 0 Å². The predicted molar refractivity (Wildman–Crippen MR) is 91.7 cm³/mol. The van der Waals surface area contributed by atoms with Gasteiger partial charge in [-0.3, -0.25) is 4.79 Å². The highest BCUT2D eigenvalue weighted by atomic mass is 16.5. The Morgan fingerprint density at radius 1 is 1.33 bits per heavy atom. The first-order valence-electron chi connectivity index (χ1n) is 8.75. The SMILES string of the molecule is CC(=O)N1CCC(NCC2COCc3nc4ccccc4n32)CC1. The van der Waals surface area contributed by atoms with E-state index in [2.05, 4.69) is 28.1 Å². The molecule has 2 aliphatic heterocycles. The molecule has 128 valence electrons. The predicted octanol–water partition coefficient (Wildman–Crippen LogP) is 1.71. The molecule has 0 spiro atoms. The van der Waals surface area contributed by atoms with Gasteiger partial charge in [-0.15, -0.1) is 0 Å². The number of nitrogens with zero attached hydrogens (tertiary/aromatic N) is 3. The van der Waals surface area contributed by atoms with E-state index in [4.69, 9.17) is 9.72 Å². The fourth-order valence-electron chi connectivity index (χ4n) is 3.82. The standard InChI is InChI=1S/C18H24N4O2/c1-13(23)21-8-6-14(7-9-21)19-10-15-11-24-12-18-20-16-4-2-3-5-17(16)22(15)18/h2-5,14-15,19H,6-12H2,1H3. The van der Waals surface area contributed by atoms with Gasteiger partial charge in [-0.1, -0.05) is 12.1 Å². The second kappa shape index (κ2) is 6.53. The number of piperidine rings is 1. The minimum absolute atomic E-state index is 0.184. The zero-order valence-electron chi connectivity index (χ0n) is 14.1. The van der Waals surface area contributed by atoms with Crippen LogP contribution in [0.25, 0.3) is 11.0 Å². The minimum Gasteiger partial charge on any atom is -0.371 e. The van der Waals surface area contributed by atoms with Crippen molar-refractivity contribution in [3.8, 4) is 0 Å². The van der Waals surface area contributed by atoms with Crippen LogP contribution in [0.3, 0.4) is 0 Å². The van der Waals surface area contributed by atoms with Gasteiger partial charge in [0.15, 0.2) is 0 Å². The first-order chi connectivity index (χ1) is 11.7. The highest BCUT2D eigenvalue weighted by molar-refractivity contribution is 5.76. The molecule has 1 fully saturated rings. The molecule has 2 aromatic rings. The van der Waals surface area contributed by atoms with Crippen molar-refractivity contribution in [2.75, 3.05) is 26.2 Å². The Labute approximate surface area is 141 Å². The van der Waals surface area contributed by atoms with E-state index in [-0.39, 0.29) is 11.9 Å². The van der Waals surface area contributed by atoms with Crippen molar-refractivity contribution in [1.82, 2.24) is 19.8 Å². The van der Waals surface area contributed by atoms with Crippen molar-refractivity contribution in [2.24, 2.45) is 0 Å². The second-order valence-electron chi connectivity index (χ2n) is 6.74. The maximum Gasteiger partial charge on any atom is 0.219 e. The summed E-state index contributed by atoms with van der Waals surface area (Å²) in [6, 6.07) is 9.03. The van der Waals surface area contributed by atoms with Crippen LogP contribution in [-0.2, 0) is 16.1 Å². The van der Waals surface area contributed by atoms with Crippen LogP contribution in [0.2, 0.25) is 0 Å². The van der Waals surface area contributed by atoms with Crippen molar-refractivity contribution in [1.29, 1.82) is 0 Å². The summed E-state index contributed by atoms with van der Waals surface area (Å²) in [7, 11) is 0. The number of amides is 1. The molecular weight excluding hydrogens is 304 g/mol. The average Bonchev–Trinajstić information content (AvgIpc) is 2.99. The van der Waals surface area contributed by atoms with Crippen LogP contribution in [0.5, 0.6) is 0 Å². The Hall–Kier alpha value is -1.92. The molecule has 3 heterocycles. The molecule has 1 aromatic carbocycles. The van der Waals surface area contributed by atoms with Gasteiger partial charge >= 0.3 is 0 Å². The Morgan fingerprint density at radius 2 is 2.12 bits per heavy atom. The number of carbonyl (C=O) groups excluding carboxylic acids is 1. The summed E-state index contributed by atoms with van der Waals surface area (Å²) in [5.74, 6) is 1.20. The number of rotatable bonds is 3. The minimum atomic E-state index is 0.184. The number of nitrogens with one attached hydrogen (secondary N) is 1. The Kier molecular flexibility index (Phi) is 4.24. The number of hydrogen-bond acceptors (Lipinski definition) is 4. The fraction of sp³-hybridized carbons (Fsp3) is 0.556. The number of imidazole rings is 1. The van der Waals surface area contributed by atoms with E-state index in [0.29, 0.717) is 19.3 Å². The van der Waals surface area contributed by atoms with Crippen LogP contribution in [0, 0.1) is 0 Å². The summed E-state index contributed by atoms with van der Waals surface area (Å²) in [5.41, 5.74) is 2.23. The first-order valence-corrected chi connectivity index (χ1v) is 8.75. The lowest BCUT2D eigenvalue weighted by Gasteiger charge is -2.33. The number of para-hydroxylation sites is 2. The number of carbonyl (C=O) groups is 1. The molecule has 6 nitrogen and oxygen atoms in total. The number of hydrogen-bond donors (Lipinski definition) is 1. The summed E-state index contributed by atoms with van der Waals surface area (Å²) in [6.45, 7) is 5.53. The van der Waals surface area contributed by atoms with Gasteiger partial charge in [-0.05, 0) is 25.0 Å². The highest BCUT2D eigenvalue weighted by Crippen LogP contribution is 2.25. The lowest BCUT2D eigenvalue weighted by molar-refractivity contribution is -0.129. The normalized spacial score (nSPS) is 21.9. The lowest BCUT2D eigenvalue weighted by atomic mass is 10.0. The molecule has 0 bridgehead atoms. The van der Waals surface area contributed by atoms with E-state index in [1.54, 1.807) is 6.92 Å². The Morgan fingerprint density at radius 3 is 2.92 bits per heavy atom. The number of fused-ring (bicyclic) bond motifs is 3. The molecule has 6 heteroatoms. The first kappa shape index (κ1) is 15.6. The van der Waals surface area contributed by atoms with Gasteiger partial charge < -0.3 is 19.5 Å². The number of ether oxygens (including phenoxy) is 1. The quantitative estimate of drug-likeness (QED) is 0.932. The van der Waals surface area contributed by atoms with E-state index < -0.39 is 0 Å². The highest BCUT2D eigenvalue weighted by Gasteiger charge is 2.26. The molecule has 24 heavy (non-hydrogen) atoms. The number of benzene rings is 1. The topological polar surface area (TPSA) is 59.4 Å². The molecule has 0 saturated carbocycles. The summed E-state index contributed by atoms with van der Waals surface area (Å²) in [4.78, 5) is 18.0. The van der Waals surface area contributed by atoms with Crippen molar-refractivity contribution in [3.63, 3.8) is 0 Å². The van der Waals surface area contributed by atoms with Crippen LogP contribution in [0.1, 0.15) is 31.6 Å². The fourth-order valence-corrected chi connectivity index (χ4v) is 3.82. The summed E-state index contributed by atoms with van der Waals surface area (Å²) < 4.78 is 8.08. The van der Waals surface area contributed by atoms with Crippen molar-refractivity contribution >= 4 is 16.9 Å². The van der Waals surface area contributed by atoms with E-state index >= 15 is 0 Å². The Bertz CT molecular complexity index is 734. The van der Waals surface area contributed by atoms with Crippen molar-refractivity contribution < 1.29 is 9.53 Å². The van der Waals surface area contributed by atoms with Gasteiger partial charge in [0.25, 0.3) is 0 Å². The summed E-state index contributed by atoms with van der Waals surface area (Å²) in [5, 5.41) is 3.68. The third-order valence-electron chi connectivity index (χ3n) is 5.16. The molecule has 1 atom stereocenters. The third-order valence-corrected chi connectivity index (χ3v) is 5.16. The monoisotopic (exact) mass is 328 g/mol. The molecule has 0 aliphatic carbocycles. The number of likely N-dealkylation sites (tertiary alicyclic amines) is 1. The lowest BCUT2D eigenvalue weighted by Crippen LogP contribution is -2.46. The van der Waals surface area contributed by atoms with Gasteiger partial charge in [0.1, 0.15) is 12.4 Å². The largest absolute Gasteiger partial charge is 0.371 e. The van der Waals surface area contributed by atoms with Crippen LogP contribution in [0.4, 0.5) is 0 Å². The zero-order valence-corrected chi connectivity index (χ0v) is 14.1. The van der Waals surface area contributed by atoms with Crippen LogP contribution in [0.15, 0.2) is 24.3 Å². The van der Waals surface area contributed by atoms with Gasteiger partial charge in [0.05, 0.1) is 23.7 Å². The second-order valence-corrected chi connectivity index (χ2v) is 6.74. The molecule has 1 aromatic heterocycles. The van der Waals surface area contributed by atoms with Crippen LogP contribution < -0.4 is 5.32 Å². The molecule has 4 rings (SSSR count). The van der Waals surface area contributed by atoms with Crippen molar-refractivity contribution in [2.45, 2.75) is 38.5 Å². The van der Waals surface area contributed by atoms with Crippen LogP contribution in [-0.4, -0.2) is 52.6 Å². The molecule has 1 N–H and O–H groups in total. The maximum absolute atomic E-state index is 11.4. The van der Waals surface area contributed by atoms with Gasteiger partial charge in [-0.25, -0.2) is 4.98 Å². The average molecular weight is 328 g/mol. The summed E-state index contributed by atoms with van der Waals surface area (Å²) in [6.07, 6.45) is 2.04. The van der Waals surface area contributed by atoms with Crippen LogP contribution >= 0.6 is 0 Å². The summed E-state index contributed by atoms with van der Waals surface area (Å²) >= 11 is 0.